The molecule has 0 amide bonds. The van der Waals surface area contributed by atoms with Gasteiger partial charge in [-0.1, -0.05) is 30.3 Å². The molecule has 0 spiro atoms. The molecule has 2 aromatic carbocycles. The molecule has 0 unspecified atom stereocenters. The van der Waals surface area contributed by atoms with Gasteiger partial charge in [0, 0.05) is 34.0 Å². The van der Waals surface area contributed by atoms with Crippen LogP contribution in [-0.4, -0.2) is 11.0 Å². The van der Waals surface area contributed by atoms with Gasteiger partial charge in [0.2, 0.25) is 5.56 Å². The second-order valence-corrected chi connectivity index (χ2v) is 6.64. The van der Waals surface area contributed by atoms with E-state index in [2.05, 4.69) is 4.98 Å². The van der Waals surface area contributed by atoms with E-state index in [4.69, 9.17) is 9.15 Å². The maximum atomic E-state index is 12.6. The molecule has 4 rings (SSSR count). The molecule has 28 heavy (non-hydrogen) atoms. The Bertz CT molecular complexity index is 1350. The van der Waals surface area contributed by atoms with E-state index in [1.807, 2.05) is 26.0 Å². The summed E-state index contributed by atoms with van der Waals surface area (Å²) in [6, 6.07) is 13.3. The van der Waals surface area contributed by atoms with Crippen molar-refractivity contribution in [3.63, 3.8) is 0 Å². The smallest absolute Gasteiger partial charge is 0.339 e. The van der Waals surface area contributed by atoms with Crippen LogP contribution in [0.25, 0.3) is 21.9 Å². The van der Waals surface area contributed by atoms with Crippen molar-refractivity contribution >= 4 is 27.8 Å². The van der Waals surface area contributed by atoms with E-state index in [0.29, 0.717) is 27.4 Å². The van der Waals surface area contributed by atoms with Crippen molar-refractivity contribution in [1.82, 2.24) is 4.98 Å². The second kappa shape index (κ2) is 6.81. The zero-order valence-electron chi connectivity index (χ0n) is 15.4. The van der Waals surface area contributed by atoms with Gasteiger partial charge in [0.25, 0.3) is 0 Å². The van der Waals surface area contributed by atoms with Crippen LogP contribution in [0.5, 0.6) is 0 Å². The first kappa shape index (κ1) is 17.7. The van der Waals surface area contributed by atoms with E-state index < -0.39 is 11.6 Å². The maximum absolute atomic E-state index is 12.6. The predicted octanol–water partition coefficient (Wildman–Crippen LogP) is 3.61. The van der Waals surface area contributed by atoms with Crippen LogP contribution in [0, 0.1) is 13.8 Å². The summed E-state index contributed by atoms with van der Waals surface area (Å²) >= 11 is 0. The normalized spacial score (nSPS) is 11.1. The van der Waals surface area contributed by atoms with Crippen molar-refractivity contribution in [1.29, 1.82) is 0 Å². The molecule has 0 radical (unpaired) electrons. The molecule has 0 saturated carbocycles. The van der Waals surface area contributed by atoms with Gasteiger partial charge in [-0.05, 0) is 31.0 Å². The van der Waals surface area contributed by atoms with Crippen molar-refractivity contribution in [2.75, 3.05) is 0 Å². The zero-order valence-corrected chi connectivity index (χ0v) is 15.4. The summed E-state index contributed by atoms with van der Waals surface area (Å²) < 4.78 is 10.8. The fraction of sp³-hybridized carbons (Fsp3) is 0.136. The number of benzene rings is 2. The van der Waals surface area contributed by atoms with E-state index in [9.17, 15) is 14.4 Å². The van der Waals surface area contributed by atoms with E-state index in [1.54, 1.807) is 24.3 Å². The molecule has 2 heterocycles. The summed E-state index contributed by atoms with van der Waals surface area (Å²) in [7, 11) is 0. The number of ether oxygens (including phenoxy) is 1. The lowest BCUT2D eigenvalue weighted by Gasteiger charge is -2.10. The molecule has 1 N–H and O–H groups in total. The van der Waals surface area contributed by atoms with Crippen LogP contribution in [0.15, 0.2) is 62.5 Å². The highest BCUT2D eigenvalue weighted by molar-refractivity contribution is 6.03. The number of carbonyl (C=O) groups excluding carboxylic acids is 1. The monoisotopic (exact) mass is 375 g/mol. The third kappa shape index (κ3) is 3.09. The highest BCUT2D eigenvalue weighted by atomic mass is 16.5. The molecule has 2 aromatic heterocycles. The molecule has 0 aliphatic heterocycles. The van der Waals surface area contributed by atoms with E-state index in [0.717, 1.165) is 11.1 Å². The molecule has 0 bridgehead atoms. The Labute approximate surface area is 159 Å². The summed E-state index contributed by atoms with van der Waals surface area (Å²) in [4.78, 5) is 39.1. The van der Waals surface area contributed by atoms with Gasteiger partial charge in [-0.2, -0.15) is 0 Å². The Morgan fingerprint density at radius 3 is 2.64 bits per heavy atom. The molecule has 140 valence electrons. The molecular weight excluding hydrogens is 358 g/mol. The number of carbonyl (C=O) groups is 1. The van der Waals surface area contributed by atoms with Gasteiger partial charge in [0.1, 0.15) is 12.2 Å². The SMILES string of the molecule is Cc1ccc2c(COC(=O)c3cc(=O)[nH]c4ccccc34)cc(=O)oc2c1C. The van der Waals surface area contributed by atoms with Crippen LogP contribution in [0.4, 0.5) is 0 Å². The topological polar surface area (TPSA) is 89.4 Å². The standard InChI is InChI=1S/C22H17NO5/c1-12-7-8-15-14(9-20(25)28-21(15)13(12)2)11-27-22(26)17-10-19(24)23-18-6-4-3-5-16(17)18/h3-10H,11H2,1-2H3,(H,23,24). The Kier molecular flexibility index (Phi) is 4.31. The zero-order chi connectivity index (χ0) is 19.8. The molecule has 6 nitrogen and oxygen atoms in total. The van der Waals surface area contributed by atoms with Crippen molar-refractivity contribution in [2.45, 2.75) is 20.5 Å². The van der Waals surface area contributed by atoms with Crippen molar-refractivity contribution in [3.05, 3.63) is 91.6 Å². The Morgan fingerprint density at radius 2 is 1.82 bits per heavy atom. The lowest BCUT2D eigenvalue weighted by Crippen LogP contribution is -2.13. The summed E-state index contributed by atoms with van der Waals surface area (Å²) in [5, 5.41) is 1.31. The molecule has 0 aliphatic rings. The number of esters is 1. The van der Waals surface area contributed by atoms with E-state index >= 15 is 0 Å². The first-order valence-electron chi connectivity index (χ1n) is 8.76. The number of aryl methyl sites for hydroxylation is 2. The van der Waals surface area contributed by atoms with Crippen LogP contribution in [0.3, 0.4) is 0 Å². The summed E-state index contributed by atoms with van der Waals surface area (Å²) in [6.45, 7) is 3.70. The predicted molar refractivity (Wildman–Crippen MR) is 106 cm³/mol. The van der Waals surface area contributed by atoms with Gasteiger partial charge in [-0.25, -0.2) is 9.59 Å². The van der Waals surface area contributed by atoms with Gasteiger partial charge in [0.15, 0.2) is 0 Å². The fourth-order valence-corrected chi connectivity index (χ4v) is 3.24. The quantitative estimate of drug-likeness (QED) is 0.436. The lowest BCUT2D eigenvalue weighted by atomic mass is 10.0. The molecule has 0 atom stereocenters. The minimum Gasteiger partial charge on any atom is -0.457 e. The number of rotatable bonds is 3. The average Bonchev–Trinajstić information content (AvgIpc) is 2.68. The molecule has 0 fully saturated rings. The van der Waals surface area contributed by atoms with Gasteiger partial charge >= 0.3 is 11.6 Å². The van der Waals surface area contributed by atoms with Gasteiger partial charge in [0.05, 0.1) is 5.56 Å². The third-order valence-corrected chi connectivity index (χ3v) is 4.85. The van der Waals surface area contributed by atoms with Gasteiger partial charge < -0.3 is 14.1 Å². The number of aromatic nitrogens is 1. The second-order valence-electron chi connectivity index (χ2n) is 6.64. The highest BCUT2D eigenvalue weighted by Crippen LogP contribution is 2.24. The number of H-pyrrole nitrogens is 1. The number of aromatic amines is 1. The number of hydrogen-bond donors (Lipinski definition) is 1. The van der Waals surface area contributed by atoms with Crippen LogP contribution in [0.2, 0.25) is 0 Å². The van der Waals surface area contributed by atoms with Gasteiger partial charge in [-0.3, -0.25) is 4.79 Å². The Hall–Kier alpha value is -3.67. The summed E-state index contributed by atoms with van der Waals surface area (Å²) in [5.74, 6) is -0.632. The highest BCUT2D eigenvalue weighted by Gasteiger charge is 2.15. The van der Waals surface area contributed by atoms with Crippen LogP contribution in [0.1, 0.15) is 27.0 Å². The number of hydrogen-bond acceptors (Lipinski definition) is 5. The fourth-order valence-electron chi connectivity index (χ4n) is 3.24. The largest absolute Gasteiger partial charge is 0.457 e. The number of pyridine rings is 1. The summed E-state index contributed by atoms with van der Waals surface area (Å²) in [5.41, 5.74) is 2.74. The maximum Gasteiger partial charge on any atom is 0.339 e. The molecule has 6 heteroatoms. The first-order chi connectivity index (χ1) is 13.4. The molecule has 0 saturated heterocycles. The number of nitrogens with one attached hydrogen (secondary N) is 1. The first-order valence-corrected chi connectivity index (χ1v) is 8.76. The number of fused-ring (bicyclic) bond motifs is 2. The molecule has 0 aliphatic carbocycles. The third-order valence-electron chi connectivity index (χ3n) is 4.85. The molecule has 4 aromatic rings. The Morgan fingerprint density at radius 1 is 1.04 bits per heavy atom. The van der Waals surface area contributed by atoms with Crippen molar-refractivity contribution in [3.8, 4) is 0 Å². The average molecular weight is 375 g/mol. The number of para-hydroxylation sites is 1. The van der Waals surface area contributed by atoms with E-state index in [1.165, 1.54) is 12.1 Å². The molecular formula is C22H17NO5. The minimum absolute atomic E-state index is 0.107. The van der Waals surface area contributed by atoms with Gasteiger partial charge in [-0.15, -0.1) is 0 Å². The Balaban J connectivity index is 1.71. The van der Waals surface area contributed by atoms with E-state index in [-0.39, 0.29) is 17.7 Å². The van der Waals surface area contributed by atoms with Crippen LogP contribution < -0.4 is 11.2 Å². The van der Waals surface area contributed by atoms with Crippen molar-refractivity contribution < 1.29 is 13.9 Å². The van der Waals surface area contributed by atoms with Crippen molar-refractivity contribution in [2.24, 2.45) is 0 Å². The minimum atomic E-state index is -0.632. The van der Waals surface area contributed by atoms with Crippen LogP contribution in [-0.2, 0) is 11.3 Å². The van der Waals surface area contributed by atoms with Crippen LogP contribution >= 0.6 is 0 Å². The lowest BCUT2D eigenvalue weighted by molar-refractivity contribution is 0.0476. The summed E-state index contributed by atoms with van der Waals surface area (Å²) in [6.07, 6.45) is 0.